The molecule has 0 spiro atoms. The van der Waals surface area contributed by atoms with E-state index in [0.717, 1.165) is 27.4 Å². The smallest absolute Gasteiger partial charge is 0.309 e. The molecule has 1 aliphatic heterocycles. The highest BCUT2D eigenvalue weighted by Crippen LogP contribution is 2.31. The van der Waals surface area contributed by atoms with Gasteiger partial charge in [-0.05, 0) is 56.5 Å². The van der Waals surface area contributed by atoms with Crippen LogP contribution in [0.25, 0.3) is 21.8 Å². The van der Waals surface area contributed by atoms with Crippen molar-refractivity contribution >= 4 is 45.3 Å². The maximum absolute atomic E-state index is 13.0. The summed E-state index contributed by atoms with van der Waals surface area (Å²) in [4.78, 5) is 30.2. The molecule has 1 N–H and O–H groups in total. The Kier molecular flexibility index (Phi) is 5.50. The van der Waals surface area contributed by atoms with Gasteiger partial charge < -0.3 is 14.6 Å². The number of aromatic amines is 1. The number of H-pyrrole nitrogens is 1. The summed E-state index contributed by atoms with van der Waals surface area (Å²) < 4.78 is 5.11. The molecule has 4 rings (SSSR count). The average Bonchev–Trinajstić information content (AvgIpc) is 3.10. The zero-order valence-electron chi connectivity index (χ0n) is 16.7. The van der Waals surface area contributed by atoms with E-state index in [1.807, 2.05) is 43.0 Å². The molecule has 3 aromatic rings. The Balaban J connectivity index is 1.49. The summed E-state index contributed by atoms with van der Waals surface area (Å²) in [6.07, 6.45) is 1.33. The maximum atomic E-state index is 13.0. The summed E-state index contributed by atoms with van der Waals surface area (Å²) >= 11 is 6.14. The molecule has 152 valence electrons. The highest BCUT2D eigenvalue weighted by atomic mass is 35.5. The number of nitrogens with one attached hydrogen (secondary N) is 1. The molecule has 0 aliphatic carbocycles. The SMILES string of the molecule is CCOC(=O)C1CCN(C(=O)[C@H](C)c2ccc3c(c2)[nH]c2ccc(Cl)cc23)CC1. The standard InChI is InChI=1S/C23H25ClN2O3/c1-3-29-23(28)15-8-10-26(11-9-15)22(27)14(2)16-4-6-18-19-13-17(24)5-7-20(19)25-21(18)12-16/h4-7,12-15,25H,3,8-11H2,1-2H3/t14-/m1/s1. The molecule has 2 heterocycles. The van der Waals surface area contributed by atoms with Crippen LogP contribution in [0.15, 0.2) is 36.4 Å². The minimum atomic E-state index is -0.242. The fraction of sp³-hybridized carbons (Fsp3) is 0.391. The van der Waals surface area contributed by atoms with E-state index in [0.29, 0.717) is 37.6 Å². The van der Waals surface area contributed by atoms with E-state index >= 15 is 0 Å². The molecule has 1 fully saturated rings. The minimum Gasteiger partial charge on any atom is -0.466 e. The first-order valence-corrected chi connectivity index (χ1v) is 10.5. The number of aromatic nitrogens is 1. The normalized spacial score (nSPS) is 16.3. The van der Waals surface area contributed by atoms with E-state index in [9.17, 15) is 9.59 Å². The zero-order valence-corrected chi connectivity index (χ0v) is 17.5. The van der Waals surface area contributed by atoms with Crippen LogP contribution >= 0.6 is 11.6 Å². The number of esters is 1. The van der Waals surface area contributed by atoms with Gasteiger partial charge in [-0.1, -0.05) is 23.7 Å². The Bertz CT molecular complexity index is 1070. The number of halogens is 1. The molecule has 1 aliphatic rings. The summed E-state index contributed by atoms with van der Waals surface area (Å²) in [5.74, 6) is -0.375. The second-order valence-corrected chi connectivity index (χ2v) is 8.13. The molecule has 1 saturated heterocycles. The Morgan fingerprint density at radius 1 is 1.14 bits per heavy atom. The predicted octanol–water partition coefficient (Wildman–Crippen LogP) is 4.88. The lowest BCUT2D eigenvalue weighted by atomic mass is 9.93. The van der Waals surface area contributed by atoms with Crippen LogP contribution in [0.1, 0.15) is 38.2 Å². The largest absolute Gasteiger partial charge is 0.466 e. The third-order valence-corrected chi connectivity index (χ3v) is 6.12. The molecule has 1 atom stereocenters. The van der Waals surface area contributed by atoms with Crippen molar-refractivity contribution in [3.8, 4) is 0 Å². The quantitative estimate of drug-likeness (QED) is 0.621. The lowest BCUT2D eigenvalue weighted by molar-refractivity contribution is -0.151. The van der Waals surface area contributed by atoms with Crippen molar-refractivity contribution in [2.45, 2.75) is 32.6 Å². The van der Waals surface area contributed by atoms with Crippen LogP contribution < -0.4 is 0 Å². The van der Waals surface area contributed by atoms with Crippen LogP contribution in [0.3, 0.4) is 0 Å². The number of fused-ring (bicyclic) bond motifs is 3. The molecule has 0 radical (unpaired) electrons. The number of rotatable bonds is 4. The molecule has 1 amide bonds. The first-order valence-electron chi connectivity index (χ1n) is 10.1. The number of nitrogens with zero attached hydrogens (tertiary/aromatic N) is 1. The second kappa shape index (κ2) is 8.07. The third kappa shape index (κ3) is 3.84. The van der Waals surface area contributed by atoms with Gasteiger partial charge in [0.2, 0.25) is 5.91 Å². The van der Waals surface area contributed by atoms with Crippen LogP contribution in [0.2, 0.25) is 5.02 Å². The number of amides is 1. The Morgan fingerprint density at radius 3 is 2.62 bits per heavy atom. The van der Waals surface area contributed by atoms with Crippen molar-refractivity contribution < 1.29 is 14.3 Å². The average molecular weight is 413 g/mol. The molecule has 6 heteroatoms. The highest BCUT2D eigenvalue weighted by Gasteiger charge is 2.30. The van der Waals surface area contributed by atoms with Gasteiger partial charge in [-0.25, -0.2) is 0 Å². The number of hydrogen-bond acceptors (Lipinski definition) is 3. The van der Waals surface area contributed by atoms with Crippen LogP contribution in [-0.4, -0.2) is 41.5 Å². The van der Waals surface area contributed by atoms with E-state index in [4.69, 9.17) is 16.3 Å². The third-order valence-electron chi connectivity index (χ3n) is 5.88. The first-order chi connectivity index (χ1) is 14.0. The van der Waals surface area contributed by atoms with Crippen molar-refractivity contribution in [2.75, 3.05) is 19.7 Å². The van der Waals surface area contributed by atoms with Gasteiger partial charge in [-0.2, -0.15) is 0 Å². The molecule has 0 bridgehead atoms. The zero-order chi connectivity index (χ0) is 20.5. The predicted molar refractivity (Wildman–Crippen MR) is 115 cm³/mol. The van der Waals surface area contributed by atoms with E-state index in [-0.39, 0.29) is 23.7 Å². The van der Waals surface area contributed by atoms with Crippen molar-refractivity contribution in [3.63, 3.8) is 0 Å². The van der Waals surface area contributed by atoms with Crippen LogP contribution in [-0.2, 0) is 14.3 Å². The number of benzene rings is 2. The minimum absolute atomic E-state index is 0.0937. The second-order valence-electron chi connectivity index (χ2n) is 7.69. The fourth-order valence-electron chi connectivity index (χ4n) is 4.18. The molecule has 5 nitrogen and oxygen atoms in total. The molecule has 0 saturated carbocycles. The van der Waals surface area contributed by atoms with Crippen molar-refractivity contribution in [3.05, 3.63) is 47.0 Å². The number of ether oxygens (including phenoxy) is 1. The van der Waals surface area contributed by atoms with Gasteiger partial charge in [0.25, 0.3) is 0 Å². The topological polar surface area (TPSA) is 62.4 Å². The number of likely N-dealkylation sites (tertiary alicyclic amines) is 1. The Morgan fingerprint density at radius 2 is 1.90 bits per heavy atom. The van der Waals surface area contributed by atoms with Gasteiger partial charge in [0.1, 0.15) is 0 Å². The lowest BCUT2D eigenvalue weighted by Gasteiger charge is -2.32. The maximum Gasteiger partial charge on any atom is 0.309 e. The number of hydrogen-bond donors (Lipinski definition) is 1. The lowest BCUT2D eigenvalue weighted by Crippen LogP contribution is -2.42. The van der Waals surface area contributed by atoms with E-state index < -0.39 is 0 Å². The first kappa shape index (κ1) is 19.8. The van der Waals surface area contributed by atoms with Crippen LogP contribution in [0, 0.1) is 5.92 Å². The fourth-order valence-corrected chi connectivity index (χ4v) is 4.35. The van der Waals surface area contributed by atoms with Crippen molar-refractivity contribution in [1.82, 2.24) is 9.88 Å². The van der Waals surface area contributed by atoms with E-state index in [2.05, 4.69) is 17.1 Å². The molecule has 1 aromatic heterocycles. The molecular weight excluding hydrogens is 388 g/mol. The number of piperidine rings is 1. The summed E-state index contributed by atoms with van der Waals surface area (Å²) in [5.41, 5.74) is 3.01. The molecule has 2 aromatic carbocycles. The van der Waals surface area contributed by atoms with Gasteiger partial charge in [0.05, 0.1) is 18.4 Å². The van der Waals surface area contributed by atoms with Gasteiger partial charge in [0.15, 0.2) is 0 Å². The Hall–Kier alpha value is -2.53. The van der Waals surface area contributed by atoms with E-state index in [1.54, 1.807) is 0 Å². The molecular formula is C23H25ClN2O3. The number of carbonyl (C=O) groups is 2. The summed E-state index contributed by atoms with van der Waals surface area (Å²) in [7, 11) is 0. The Labute approximate surface area is 175 Å². The van der Waals surface area contributed by atoms with Gasteiger partial charge in [0, 0.05) is 39.9 Å². The van der Waals surface area contributed by atoms with Crippen molar-refractivity contribution in [1.29, 1.82) is 0 Å². The highest BCUT2D eigenvalue weighted by molar-refractivity contribution is 6.31. The van der Waals surface area contributed by atoms with Gasteiger partial charge in [-0.3, -0.25) is 9.59 Å². The summed E-state index contributed by atoms with van der Waals surface area (Å²) in [6.45, 7) is 5.36. The summed E-state index contributed by atoms with van der Waals surface area (Å²) in [6, 6.07) is 11.9. The van der Waals surface area contributed by atoms with Crippen LogP contribution in [0.4, 0.5) is 0 Å². The van der Waals surface area contributed by atoms with E-state index in [1.165, 1.54) is 0 Å². The summed E-state index contributed by atoms with van der Waals surface area (Å²) in [5, 5.41) is 2.89. The monoisotopic (exact) mass is 412 g/mol. The van der Waals surface area contributed by atoms with Crippen molar-refractivity contribution in [2.24, 2.45) is 5.92 Å². The molecule has 29 heavy (non-hydrogen) atoms. The van der Waals surface area contributed by atoms with Gasteiger partial charge in [-0.15, -0.1) is 0 Å². The van der Waals surface area contributed by atoms with Crippen LogP contribution in [0.5, 0.6) is 0 Å². The van der Waals surface area contributed by atoms with Gasteiger partial charge >= 0.3 is 5.97 Å². The molecule has 0 unspecified atom stereocenters. The number of carbonyl (C=O) groups excluding carboxylic acids is 2.